The van der Waals surface area contributed by atoms with E-state index in [1.165, 1.54) is 0 Å². The minimum absolute atomic E-state index is 0.0498. The zero-order valence-corrected chi connectivity index (χ0v) is 52.4. The van der Waals surface area contributed by atoms with Crippen LogP contribution in [0.5, 0.6) is 0 Å². The Morgan fingerprint density at radius 1 is 0.295 bits per heavy atom. The Hall–Kier alpha value is -8.64. The van der Waals surface area contributed by atoms with Gasteiger partial charge in [-0.25, -0.2) is 9.97 Å². The number of fused-ring (bicyclic) bond motifs is 8. The van der Waals surface area contributed by atoms with E-state index in [4.69, 9.17) is 9.97 Å². The smallest absolute Gasteiger partial charge is 0.224 e. The maximum absolute atomic E-state index is 13.9. The standard InChI is InChI=1S/C76H90N8O4/c1-5-9-13-17-21-41-69(85)81-57-37-29-25-33-53(57)73-61-45-47-63(77-61)74(54-34-26-30-38-58(54)82-70(86)42-22-18-14-10-6-2)65-49-51-67(79-65)76(56-36-28-32-40-60(56)84-72(88)44-24-20-16-12-8-4)68-52-50-66(80-68)75(64-48-46-62(73)78-64)55-35-27-31-39-59(55)83-71(87)43-23-19-15-11-7-3/h25-40,45-52,77,80H,5-24,41-44H2,1-4H3,(H,81,85)(H,82,86)(H,83,87)(H,84,88). The second-order valence-corrected chi connectivity index (χ2v) is 23.5. The van der Waals surface area contributed by atoms with E-state index < -0.39 is 0 Å². The molecule has 5 heterocycles. The van der Waals surface area contributed by atoms with E-state index >= 15 is 0 Å². The predicted molar refractivity (Wildman–Crippen MR) is 369 cm³/mol. The third kappa shape index (κ3) is 16.9. The zero-order chi connectivity index (χ0) is 61.5. The molecule has 3 aromatic heterocycles. The number of aromatic nitrogens is 4. The minimum atomic E-state index is -0.0498. The van der Waals surface area contributed by atoms with Crippen molar-refractivity contribution in [2.45, 2.75) is 182 Å². The Morgan fingerprint density at radius 2 is 0.511 bits per heavy atom. The van der Waals surface area contributed by atoms with Gasteiger partial charge in [0.25, 0.3) is 0 Å². The van der Waals surface area contributed by atoms with E-state index in [-0.39, 0.29) is 23.6 Å². The summed E-state index contributed by atoms with van der Waals surface area (Å²) in [6, 6.07) is 39.9. The topological polar surface area (TPSA) is 174 Å². The number of rotatable bonds is 32. The van der Waals surface area contributed by atoms with Gasteiger partial charge < -0.3 is 31.2 Å². The second kappa shape index (κ2) is 32.9. The van der Waals surface area contributed by atoms with Crippen LogP contribution < -0.4 is 21.3 Å². The number of nitrogens with one attached hydrogen (secondary N) is 6. The molecule has 2 aliphatic heterocycles. The van der Waals surface area contributed by atoms with Crippen molar-refractivity contribution >= 4 is 92.7 Å². The van der Waals surface area contributed by atoms with Crippen LogP contribution in [0.4, 0.5) is 22.7 Å². The Labute approximate surface area is 521 Å². The van der Waals surface area contributed by atoms with Crippen molar-refractivity contribution in [3.8, 4) is 44.5 Å². The molecule has 7 aromatic rings. The molecular weight excluding hydrogens is 1090 g/mol. The van der Waals surface area contributed by atoms with Gasteiger partial charge in [-0.05, 0) is 98.5 Å². The lowest BCUT2D eigenvalue weighted by Crippen LogP contribution is -2.12. The number of nitrogens with zero attached hydrogens (tertiary/aromatic N) is 2. The lowest BCUT2D eigenvalue weighted by atomic mass is 10.0. The largest absolute Gasteiger partial charge is 0.354 e. The molecule has 0 spiro atoms. The molecule has 0 fully saturated rings. The summed E-state index contributed by atoms with van der Waals surface area (Å²) in [7, 11) is 0. The Bertz CT molecular complexity index is 3300. The van der Waals surface area contributed by atoms with Crippen LogP contribution in [0.2, 0.25) is 0 Å². The van der Waals surface area contributed by atoms with Crippen LogP contribution in [0.1, 0.15) is 205 Å². The first-order valence-electron chi connectivity index (χ1n) is 32.9. The number of hydrogen-bond acceptors (Lipinski definition) is 6. The van der Waals surface area contributed by atoms with Crippen LogP contribution in [0, 0.1) is 0 Å². The predicted octanol–water partition coefficient (Wildman–Crippen LogP) is 20.5. The van der Waals surface area contributed by atoms with E-state index in [1.54, 1.807) is 0 Å². The molecule has 12 heteroatoms. The summed E-state index contributed by atoms with van der Waals surface area (Å²) in [5.41, 5.74) is 14.4. The first-order chi connectivity index (χ1) is 43.2. The maximum atomic E-state index is 13.9. The number of para-hydroxylation sites is 4. The monoisotopic (exact) mass is 1180 g/mol. The van der Waals surface area contributed by atoms with Crippen LogP contribution in [0.3, 0.4) is 0 Å². The molecule has 458 valence electrons. The third-order valence-corrected chi connectivity index (χ3v) is 16.7. The molecule has 0 saturated heterocycles. The fraction of sp³-hybridized carbons (Fsp3) is 0.368. The van der Waals surface area contributed by atoms with Crippen molar-refractivity contribution in [2.24, 2.45) is 0 Å². The number of carbonyl (C=O) groups excluding carboxylic acids is 4. The minimum Gasteiger partial charge on any atom is -0.354 e. The lowest BCUT2D eigenvalue weighted by Gasteiger charge is -2.14. The number of hydrogen-bond donors (Lipinski definition) is 6. The number of anilines is 4. The summed E-state index contributed by atoms with van der Waals surface area (Å²) in [4.78, 5) is 74.6. The number of carbonyl (C=O) groups is 4. The molecule has 2 aliphatic rings. The molecule has 0 atom stereocenters. The number of amides is 4. The summed E-state index contributed by atoms with van der Waals surface area (Å²) in [6.45, 7) is 8.77. The van der Waals surface area contributed by atoms with Gasteiger partial charge in [-0.1, -0.05) is 203 Å². The molecule has 88 heavy (non-hydrogen) atoms. The van der Waals surface area contributed by atoms with Gasteiger partial charge >= 0.3 is 0 Å². The molecular formula is C76H90N8O4. The molecule has 0 radical (unpaired) electrons. The van der Waals surface area contributed by atoms with Crippen LogP contribution in [-0.4, -0.2) is 43.6 Å². The molecule has 0 unspecified atom stereocenters. The van der Waals surface area contributed by atoms with Gasteiger partial charge in [0, 0.05) is 115 Å². The van der Waals surface area contributed by atoms with Crippen LogP contribution >= 0.6 is 0 Å². The van der Waals surface area contributed by atoms with Gasteiger partial charge in [0.2, 0.25) is 23.6 Å². The zero-order valence-electron chi connectivity index (χ0n) is 52.4. The van der Waals surface area contributed by atoms with Crippen molar-refractivity contribution in [3.63, 3.8) is 0 Å². The summed E-state index contributed by atoms with van der Waals surface area (Å²) in [5, 5.41) is 13.2. The van der Waals surface area contributed by atoms with E-state index in [2.05, 4.69) is 83.2 Å². The Kier molecular flexibility index (Phi) is 23.9. The fourth-order valence-electron chi connectivity index (χ4n) is 12.0. The lowest BCUT2D eigenvalue weighted by molar-refractivity contribution is -0.117. The molecule has 6 N–H and O–H groups in total. The highest BCUT2D eigenvalue weighted by atomic mass is 16.2. The van der Waals surface area contributed by atoms with Gasteiger partial charge in [-0.2, -0.15) is 0 Å². The van der Waals surface area contributed by atoms with Crippen molar-refractivity contribution < 1.29 is 19.2 Å². The molecule has 4 amide bonds. The molecule has 12 nitrogen and oxygen atoms in total. The molecule has 8 bridgehead atoms. The summed E-state index contributed by atoms with van der Waals surface area (Å²) in [5.74, 6) is -0.199. The molecule has 9 rings (SSSR count). The Balaban J connectivity index is 1.31. The van der Waals surface area contributed by atoms with Gasteiger partial charge in [0.15, 0.2) is 0 Å². The normalized spacial score (nSPS) is 11.7. The maximum Gasteiger partial charge on any atom is 0.224 e. The number of benzene rings is 4. The number of unbranched alkanes of at least 4 members (excludes halogenated alkanes) is 16. The van der Waals surface area contributed by atoms with E-state index in [9.17, 15) is 19.2 Å². The highest BCUT2D eigenvalue weighted by Gasteiger charge is 2.24. The number of aromatic amines is 2. The van der Waals surface area contributed by atoms with E-state index in [1.807, 2.05) is 121 Å². The van der Waals surface area contributed by atoms with Crippen LogP contribution in [-0.2, 0) is 19.2 Å². The van der Waals surface area contributed by atoms with Gasteiger partial charge in [0.1, 0.15) is 0 Å². The fourth-order valence-corrected chi connectivity index (χ4v) is 12.0. The molecule has 4 aromatic carbocycles. The highest BCUT2D eigenvalue weighted by Crippen LogP contribution is 2.43. The van der Waals surface area contributed by atoms with Crippen molar-refractivity contribution in [3.05, 3.63) is 144 Å². The third-order valence-electron chi connectivity index (χ3n) is 16.7. The summed E-state index contributed by atoms with van der Waals surface area (Å²) >= 11 is 0. The van der Waals surface area contributed by atoms with Gasteiger partial charge in [-0.3, -0.25) is 19.2 Å². The molecule has 0 aliphatic carbocycles. The van der Waals surface area contributed by atoms with Crippen LogP contribution in [0.25, 0.3) is 90.9 Å². The van der Waals surface area contributed by atoms with Crippen molar-refractivity contribution in [1.29, 1.82) is 0 Å². The average molecular weight is 1180 g/mol. The van der Waals surface area contributed by atoms with Crippen molar-refractivity contribution in [1.82, 2.24) is 19.9 Å². The van der Waals surface area contributed by atoms with E-state index in [0.29, 0.717) is 71.2 Å². The van der Waals surface area contributed by atoms with Gasteiger partial charge in [-0.15, -0.1) is 0 Å². The van der Waals surface area contributed by atoms with Crippen LogP contribution in [0.15, 0.2) is 121 Å². The first kappa shape index (κ1) is 63.9. The summed E-state index contributed by atoms with van der Waals surface area (Å²) < 4.78 is 0. The van der Waals surface area contributed by atoms with Crippen molar-refractivity contribution in [2.75, 3.05) is 21.3 Å². The highest BCUT2D eigenvalue weighted by molar-refractivity contribution is 6.07. The quantitative estimate of drug-likeness (QED) is 0.0229. The summed E-state index contributed by atoms with van der Waals surface area (Å²) in [6.07, 6.45) is 30.4. The first-order valence-corrected chi connectivity index (χ1v) is 32.9. The number of H-pyrrole nitrogens is 2. The SMILES string of the molecule is CCCCCCCC(=O)Nc1ccccc1-c1c2nc(c(-c3ccccc3NC(=O)CCCCCCC)c3ccc([nH]3)c(-c3ccccc3NC(=O)CCCCCCC)c3nc(c(-c4ccccc4NC(=O)CCCCCCC)c4ccc1[nH]4)C=C3)C=C2. The second-order valence-electron chi connectivity index (χ2n) is 23.5. The average Bonchev–Trinajstić information content (AvgIpc) is 1.89. The Morgan fingerprint density at radius 3 is 0.739 bits per heavy atom. The van der Waals surface area contributed by atoms with Gasteiger partial charge in [0.05, 0.1) is 22.8 Å². The molecule has 0 saturated carbocycles. The van der Waals surface area contributed by atoms with E-state index in [0.717, 1.165) is 195 Å².